The summed E-state index contributed by atoms with van der Waals surface area (Å²) in [7, 11) is 0. The Morgan fingerprint density at radius 1 is 1.11 bits per heavy atom. The number of rotatable bonds is 5. The predicted octanol–water partition coefficient (Wildman–Crippen LogP) is 3.10. The average molecular weight is 269 g/mol. The van der Waals surface area contributed by atoms with Crippen molar-refractivity contribution in [2.24, 2.45) is 0 Å². The third kappa shape index (κ3) is 4.65. The predicted molar refractivity (Wildman–Crippen MR) is 66.9 cm³/mol. The fourth-order valence-corrected chi connectivity index (χ4v) is 1.71. The zero-order chi connectivity index (χ0) is 13.7. The quantitative estimate of drug-likeness (QED) is 0.904. The summed E-state index contributed by atoms with van der Waals surface area (Å²) in [5.74, 6) is 0.459. The lowest BCUT2D eigenvalue weighted by molar-refractivity contribution is -0.142. The summed E-state index contributed by atoms with van der Waals surface area (Å²) in [4.78, 5) is 0. The number of hydrogen-bond donors (Lipinski definition) is 1. The molecule has 102 valence electrons. The smallest absolute Gasteiger partial charge is 0.368 e. The minimum Gasteiger partial charge on any atom is -0.368 e. The van der Waals surface area contributed by atoms with E-state index in [1.165, 1.54) is 17.8 Å². The molecule has 3 nitrogen and oxygen atoms in total. The average Bonchev–Trinajstić information content (AvgIpc) is 2.76. The molecule has 0 aliphatic rings. The van der Waals surface area contributed by atoms with Crippen LogP contribution < -0.4 is 5.32 Å². The van der Waals surface area contributed by atoms with Gasteiger partial charge < -0.3 is 5.32 Å². The molecule has 0 fully saturated rings. The van der Waals surface area contributed by atoms with Crippen molar-refractivity contribution in [1.82, 2.24) is 9.78 Å². The van der Waals surface area contributed by atoms with Crippen LogP contribution in [0, 0.1) is 0 Å². The lowest BCUT2D eigenvalue weighted by Crippen LogP contribution is -2.18. The van der Waals surface area contributed by atoms with E-state index in [9.17, 15) is 13.2 Å². The minimum atomic E-state index is -4.24. The lowest BCUT2D eigenvalue weighted by Gasteiger charge is -2.06. The van der Waals surface area contributed by atoms with Crippen LogP contribution in [-0.2, 0) is 13.0 Å². The molecule has 0 saturated carbocycles. The third-order valence-electron chi connectivity index (χ3n) is 2.54. The second-order valence-electron chi connectivity index (χ2n) is 4.18. The summed E-state index contributed by atoms with van der Waals surface area (Å²) in [6.45, 7) is -0.430. The van der Waals surface area contributed by atoms with Gasteiger partial charge in [0.1, 0.15) is 12.4 Å². The van der Waals surface area contributed by atoms with E-state index in [1.807, 2.05) is 30.3 Å². The van der Waals surface area contributed by atoms with Gasteiger partial charge in [0.25, 0.3) is 0 Å². The van der Waals surface area contributed by atoms with E-state index >= 15 is 0 Å². The van der Waals surface area contributed by atoms with Crippen molar-refractivity contribution < 1.29 is 13.2 Å². The van der Waals surface area contributed by atoms with Crippen molar-refractivity contribution in [3.63, 3.8) is 0 Å². The molecule has 1 heterocycles. The van der Waals surface area contributed by atoms with E-state index in [4.69, 9.17) is 0 Å². The van der Waals surface area contributed by atoms with Gasteiger partial charge in [0.05, 0.1) is 0 Å². The Kier molecular flexibility index (Phi) is 4.09. The third-order valence-corrected chi connectivity index (χ3v) is 2.54. The highest BCUT2D eigenvalue weighted by Crippen LogP contribution is 2.17. The molecule has 6 heteroatoms. The Bertz CT molecular complexity index is 505. The van der Waals surface area contributed by atoms with Crippen molar-refractivity contribution in [3.05, 3.63) is 48.2 Å². The first kappa shape index (κ1) is 13.5. The minimum absolute atomic E-state index is 0.459. The zero-order valence-electron chi connectivity index (χ0n) is 10.2. The first-order valence-corrected chi connectivity index (χ1v) is 5.91. The van der Waals surface area contributed by atoms with Crippen LogP contribution in [-0.4, -0.2) is 22.5 Å². The monoisotopic (exact) mass is 269 g/mol. The molecule has 0 amide bonds. The fourth-order valence-electron chi connectivity index (χ4n) is 1.71. The van der Waals surface area contributed by atoms with Crippen LogP contribution in [0.4, 0.5) is 19.0 Å². The first-order chi connectivity index (χ1) is 9.03. The van der Waals surface area contributed by atoms with Crippen molar-refractivity contribution in [3.8, 4) is 0 Å². The molecule has 2 aromatic rings. The number of alkyl halides is 3. The van der Waals surface area contributed by atoms with Gasteiger partial charge in [0.2, 0.25) is 0 Å². The highest BCUT2D eigenvalue weighted by molar-refractivity contribution is 5.32. The molecule has 0 aliphatic carbocycles. The number of hydrogen-bond acceptors (Lipinski definition) is 2. The van der Waals surface area contributed by atoms with Crippen LogP contribution in [0.5, 0.6) is 0 Å². The fraction of sp³-hybridized carbons (Fsp3) is 0.308. The van der Waals surface area contributed by atoms with Crippen LogP contribution in [0.1, 0.15) is 5.56 Å². The Morgan fingerprint density at radius 3 is 2.53 bits per heavy atom. The van der Waals surface area contributed by atoms with E-state index in [2.05, 4.69) is 10.4 Å². The lowest BCUT2D eigenvalue weighted by atomic mass is 10.1. The van der Waals surface area contributed by atoms with E-state index in [1.54, 1.807) is 0 Å². The molecule has 1 aromatic carbocycles. The number of anilines is 1. The van der Waals surface area contributed by atoms with E-state index < -0.39 is 12.7 Å². The number of nitrogens with zero attached hydrogens (tertiary/aromatic N) is 2. The Hall–Kier alpha value is -1.98. The van der Waals surface area contributed by atoms with Gasteiger partial charge in [-0.2, -0.15) is 18.3 Å². The maximum atomic E-state index is 12.1. The standard InChI is InChI=1S/C13H14F3N3/c14-13(15,16)10-19-9-7-12(18-19)17-8-6-11-4-2-1-3-5-11/h1-5,7,9H,6,8,10H2,(H,17,18). The molecular formula is C13H14F3N3. The molecule has 0 saturated heterocycles. The maximum Gasteiger partial charge on any atom is 0.408 e. The molecule has 0 aliphatic heterocycles. The number of halogens is 3. The molecule has 1 N–H and O–H groups in total. The summed E-state index contributed by atoms with van der Waals surface area (Å²) >= 11 is 0. The van der Waals surface area contributed by atoms with Crippen LogP contribution in [0.25, 0.3) is 0 Å². The zero-order valence-corrected chi connectivity index (χ0v) is 10.2. The van der Waals surface area contributed by atoms with Gasteiger partial charge in [-0.3, -0.25) is 4.68 Å². The van der Waals surface area contributed by atoms with Crippen molar-refractivity contribution >= 4 is 5.82 Å². The molecule has 0 spiro atoms. The SMILES string of the molecule is FC(F)(F)Cn1ccc(NCCc2ccccc2)n1. The van der Waals surface area contributed by atoms with Crippen LogP contribution in [0.15, 0.2) is 42.6 Å². The normalized spacial score (nSPS) is 11.5. The van der Waals surface area contributed by atoms with E-state index in [-0.39, 0.29) is 0 Å². The van der Waals surface area contributed by atoms with E-state index in [0.717, 1.165) is 11.1 Å². The number of aromatic nitrogens is 2. The Labute approximate surface area is 109 Å². The summed E-state index contributed by atoms with van der Waals surface area (Å²) < 4.78 is 37.3. The van der Waals surface area contributed by atoms with Crippen molar-refractivity contribution in [2.45, 2.75) is 19.1 Å². The molecule has 2 rings (SSSR count). The molecule has 1 aromatic heterocycles. The molecule has 0 radical (unpaired) electrons. The summed E-state index contributed by atoms with van der Waals surface area (Å²) in [5, 5.41) is 6.81. The summed E-state index contributed by atoms with van der Waals surface area (Å²) in [5.41, 5.74) is 1.17. The topological polar surface area (TPSA) is 29.9 Å². The Balaban J connectivity index is 1.81. The maximum absolute atomic E-state index is 12.1. The summed E-state index contributed by atoms with van der Waals surface area (Å²) in [6, 6.07) is 11.4. The van der Waals surface area contributed by atoms with E-state index in [0.29, 0.717) is 12.4 Å². The van der Waals surface area contributed by atoms with Crippen molar-refractivity contribution in [1.29, 1.82) is 0 Å². The number of nitrogens with one attached hydrogen (secondary N) is 1. The largest absolute Gasteiger partial charge is 0.408 e. The second kappa shape index (κ2) is 5.77. The second-order valence-corrected chi connectivity index (χ2v) is 4.18. The van der Waals surface area contributed by atoms with Crippen molar-refractivity contribution in [2.75, 3.05) is 11.9 Å². The van der Waals surface area contributed by atoms with Crippen LogP contribution >= 0.6 is 0 Å². The highest BCUT2D eigenvalue weighted by atomic mass is 19.4. The van der Waals surface area contributed by atoms with Gasteiger partial charge in [0, 0.05) is 18.8 Å². The highest BCUT2D eigenvalue weighted by Gasteiger charge is 2.28. The molecule has 0 bridgehead atoms. The van der Waals surface area contributed by atoms with Gasteiger partial charge in [0.15, 0.2) is 0 Å². The number of benzene rings is 1. The summed E-state index contributed by atoms with van der Waals surface area (Å²) in [6.07, 6.45) is -2.13. The van der Waals surface area contributed by atoms with Gasteiger partial charge >= 0.3 is 6.18 Å². The van der Waals surface area contributed by atoms with Gasteiger partial charge in [-0.05, 0) is 12.0 Å². The van der Waals surface area contributed by atoms with Gasteiger partial charge in [-0.25, -0.2) is 0 Å². The van der Waals surface area contributed by atoms with Gasteiger partial charge in [-0.1, -0.05) is 30.3 Å². The van der Waals surface area contributed by atoms with Gasteiger partial charge in [-0.15, -0.1) is 0 Å². The first-order valence-electron chi connectivity index (χ1n) is 5.91. The molecule has 19 heavy (non-hydrogen) atoms. The van der Waals surface area contributed by atoms with Crippen LogP contribution in [0.2, 0.25) is 0 Å². The Morgan fingerprint density at radius 2 is 1.84 bits per heavy atom. The molecular weight excluding hydrogens is 255 g/mol. The van der Waals surface area contributed by atoms with Crippen LogP contribution in [0.3, 0.4) is 0 Å². The molecule has 0 unspecified atom stereocenters. The molecule has 0 atom stereocenters.